The molecular formula is C19H23N3. The van der Waals surface area contributed by atoms with Gasteiger partial charge in [0.25, 0.3) is 0 Å². The van der Waals surface area contributed by atoms with E-state index in [0.29, 0.717) is 5.92 Å². The second kappa shape index (κ2) is 6.22. The van der Waals surface area contributed by atoms with Gasteiger partial charge in [-0.05, 0) is 36.3 Å². The van der Waals surface area contributed by atoms with Gasteiger partial charge in [-0.3, -0.25) is 0 Å². The Bertz CT molecular complexity index is 632. The first-order valence-electron chi connectivity index (χ1n) is 7.91. The standard InChI is InChI=1S/C19H23N3/c20-18(21)22-19(17-11-5-2-6-12-17)13-7-10-16(14-19)15-8-3-1-4-9-15/h1-6,8-9,11-12,16H,7,10,13-14H2,(H4,20,21,22). The maximum Gasteiger partial charge on any atom is 0.186 e. The van der Waals surface area contributed by atoms with Gasteiger partial charge in [0, 0.05) is 0 Å². The van der Waals surface area contributed by atoms with Gasteiger partial charge in [0.15, 0.2) is 5.96 Å². The lowest BCUT2D eigenvalue weighted by Gasteiger charge is -2.39. The average molecular weight is 293 g/mol. The zero-order chi connectivity index (χ0) is 15.4. The van der Waals surface area contributed by atoms with E-state index in [-0.39, 0.29) is 11.5 Å². The first kappa shape index (κ1) is 14.6. The highest BCUT2D eigenvalue weighted by Crippen LogP contribution is 2.46. The molecule has 1 aliphatic rings. The molecule has 0 aliphatic heterocycles. The molecule has 114 valence electrons. The second-order valence-corrected chi connectivity index (χ2v) is 6.14. The molecule has 0 heterocycles. The molecule has 0 saturated heterocycles. The fraction of sp³-hybridized carbons (Fsp3) is 0.316. The molecule has 0 aromatic heterocycles. The number of aliphatic imine (C=N–C) groups is 1. The van der Waals surface area contributed by atoms with Gasteiger partial charge in [-0.15, -0.1) is 0 Å². The summed E-state index contributed by atoms with van der Waals surface area (Å²) in [4.78, 5) is 4.69. The SMILES string of the molecule is NC(N)=NC1(c2ccccc2)CCCC(c2ccccc2)C1. The highest BCUT2D eigenvalue weighted by Gasteiger charge is 2.38. The zero-order valence-corrected chi connectivity index (χ0v) is 12.8. The first-order valence-corrected chi connectivity index (χ1v) is 7.91. The Morgan fingerprint density at radius 2 is 1.59 bits per heavy atom. The minimum absolute atomic E-state index is 0.178. The third kappa shape index (κ3) is 2.98. The Balaban J connectivity index is 1.98. The number of guanidine groups is 1. The number of hydrogen-bond acceptors (Lipinski definition) is 1. The summed E-state index contributed by atoms with van der Waals surface area (Å²) in [6.45, 7) is 0. The molecule has 1 aliphatic carbocycles. The maximum absolute atomic E-state index is 5.76. The lowest BCUT2D eigenvalue weighted by molar-refractivity contribution is 0.274. The summed E-state index contributed by atoms with van der Waals surface area (Å²) in [7, 11) is 0. The Labute approximate surface area is 132 Å². The van der Waals surface area contributed by atoms with Crippen LogP contribution in [0.25, 0.3) is 0 Å². The van der Waals surface area contributed by atoms with Gasteiger partial charge in [0.05, 0.1) is 5.54 Å². The van der Waals surface area contributed by atoms with Crippen LogP contribution in [-0.2, 0) is 5.54 Å². The topological polar surface area (TPSA) is 64.4 Å². The molecule has 0 spiro atoms. The zero-order valence-electron chi connectivity index (χ0n) is 12.8. The molecule has 4 N–H and O–H groups in total. The highest BCUT2D eigenvalue weighted by molar-refractivity contribution is 5.76. The van der Waals surface area contributed by atoms with Crippen molar-refractivity contribution in [2.24, 2.45) is 16.5 Å². The smallest absolute Gasteiger partial charge is 0.186 e. The van der Waals surface area contributed by atoms with Gasteiger partial charge in [-0.1, -0.05) is 67.1 Å². The summed E-state index contributed by atoms with van der Waals surface area (Å²) in [6, 6.07) is 21.1. The van der Waals surface area contributed by atoms with E-state index >= 15 is 0 Å². The molecule has 2 aromatic carbocycles. The van der Waals surface area contributed by atoms with Crippen molar-refractivity contribution in [1.29, 1.82) is 0 Å². The van der Waals surface area contributed by atoms with Gasteiger partial charge < -0.3 is 11.5 Å². The molecule has 0 radical (unpaired) electrons. The summed E-state index contributed by atoms with van der Waals surface area (Å²) in [6.07, 6.45) is 4.28. The van der Waals surface area contributed by atoms with E-state index in [9.17, 15) is 0 Å². The highest BCUT2D eigenvalue weighted by atomic mass is 15.0. The van der Waals surface area contributed by atoms with Crippen LogP contribution < -0.4 is 11.5 Å². The Morgan fingerprint density at radius 1 is 0.955 bits per heavy atom. The van der Waals surface area contributed by atoms with Crippen LogP contribution in [0.3, 0.4) is 0 Å². The fourth-order valence-corrected chi connectivity index (χ4v) is 3.69. The summed E-state index contributed by atoms with van der Waals surface area (Å²) in [5, 5.41) is 0. The summed E-state index contributed by atoms with van der Waals surface area (Å²) >= 11 is 0. The lowest BCUT2D eigenvalue weighted by Crippen LogP contribution is -2.35. The van der Waals surface area contributed by atoms with Crippen LogP contribution in [0.5, 0.6) is 0 Å². The van der Waals surface area contributed by atoms with E-state index in [1.807, 2.05) is 6.07 Å². The molecule has 3 rings (SSSR count). The van der Waals surface area contributed by atoms with E-state index in [1.165, 1.54) is 17.5 Å². The number of hydrogen-bond donors (Lipinski definition) is 2. The van der Waals surface area contributed by atoms with E-state index < -0.39 is 0 Å². The van der Waals surface area contributed by atoms with Crippen molar-refractivity contribution in [3.63, 3.8) is 0 Å². The van der Waals surface area contributed by atoms with Gasteiger partial charge in [0.1, 0.15) is 0 Å². The molecule has 3 nitrogen and oxygen atoms in total. The summed E-state index contributed by atoms with van der Waals surface area (Å²) in [5.41, 5.74) is 13.8. The number of benzene rings is 2. The number of nitrogens with two attached hydrogens (primary N) is 2. The Kier molecular flexibility index (Phi) is 4.14. The monoisotopic (exact) mass is 293 g/mol. The van der Waals surface area contributed by atoms with Crippen molar-refractivity contribution < 1.29 is 0 Å². The lowest BCUT2D eigenvalue weighted by atomic mass is 9.70. The van der Waals surface area contributed by atoms with Crippen LogP contribution in [0.15, 0.2) is 65.7 Å². The molecule has 2 unspecified atom stereocenters. The van der Waals surface area contributed by atoms with Crippen molar-refractivity contribution >= 4 is 5.96 Å². The van der Waals surface area contributed by atoms with Crippen LogP contribution >= 0.6 is 0 Å². The molecule has 2 aromatic rings. The third-order valence-electron chi connectivity index (χ3n) is 4.65. The maximum atomic E-state index is 5.76. The van der Waals surface area contributed by atoms with E-state index in [0.717, 1.165) is 19.3 Å². The first-order chi connectivity index (χ1) is 10.7. The van der Waals surface area contributed by atoms with Crippen molar-refractivity contribution in [1.82, 2.24) is 0 Å². The summed E-state index contributed by atoms with van der Waals surface area (Å²) in [5.74, 6) is 0.677. The van der Waals surface area contributed by atoms with Crippen LogP contribution in [0.1, 0.15) is 42.7 Å². The number of rotatable bonds is 3. The van der Waals surface area contributed by atoms with Crippen molar-refractivity contribution in [3.05, 3.63) is 71.8 Å². The molecular weight excluding hydrogens is 270 g/mol. The van der Waals surface area contributed by atoms with Crippen LogP contribution in [0, 0.1) is 0 Å². The van der Waals surface area contributed by atoms with E-state index in [4.69, 9.17) is 11.5 Å². The Morgan fingerprint density at radius 3 is 2.23 bits per heavy atom. The second-order valence-electron chi connectivity index (χ2n) is 6.14. The van der Waals surface area contributed by atoms with Crippen molar-refractivity contribution in [2.45, 2.75) is 37.1 Å². The largest absolute Gasteiger partial charge is 0.370 e. The average Bonchev–Trinajstić information content (AvgIpc) is 2.56. The van der Waals surface area contributed by atoms with Gasteiger partial charge in [0.2, 0.25) is 0 Å². The van der Waals surface area contributed by atoms with Crippen LogP contribution in [-0.4, -0.2) is 5.96 Å². The van der Waals surface area contributed by atoms with Gasteiger partial charge in [-0.2, -0.15) is 0 Å². The normalized spacial score (nSPS) is 24.6. The molecule has 0 amide bonds. The fourth-order valence-electron chi connectivity index (χ4n) is 3.69. The molecule has 2 atom stereocenters. The van der Waals surface area contributed by atoms with Gasteiger partial charge >= 0.3 is 0 Å². The quantitative estimate of drug-likeness (QED) is 0.672. The molecule has 0 bridgehead atoms. The molecule has 22 heavy (non-hydrogen) atoms. The predicted octanol–water partition coefficient (Wildman–Crippen LogP) is 3.51. The number of nitrogens with zero attached hydrogens (tertiary/aromatic N) is 1. The molecule has 1 fully saturated rings. The van der Waals surface area contributed by atoms with Crippen LogP contribution in [0.2, 0.25) is 0 Å². The summed E-state index contributed by atoms with van der Waals surface area (Å²) < 4.78 is 0. The predicted molar refractivity (Wildman–Crippen MR) is 91.6 cm³/mol. The van der Waals surface area contributed by atoms with Crippen molar-refractivity contribution in [2.75, 3.05) is 0 Å². The van der Waals surface area contributed by atoms with E-state index in [1.54, 1.807) is 0 Å². The minimum Gasteiger partial charge on any atom is -0.370 e. The molecule has 3 heteroatoms. The van der Waals surface area contributed by atoms with E-state index in [2.05, 4.69) is 59.6 Å². The molecule has 1 saturated carbocycles. The Hall–Kier alpha value is -2.29. The minimum atomic E-state index is -0.293. The van der Waals surface area contributed by atoms with Gasteiger partial charge in [-0.25, -0.2) is 4.99 Å². The van der Waals surface area contributed by atoms with Crippen molar-refractivity contribution in [3.8, 4) is 0 Å². The van der Waals surface area contributed by atoms with Crippen LogP contribution in [0.4, 0.5) is 0 Å². The third-order valence-corrected chi connectivity index (χ3v) is 4.65.